The molecule has 0 unspecified atom stereocenters. The van der Waals surface area contributed by atoms with Crippen molar-refractivity contribution in [3.63, 3.8) is 0 Å². The topological polar surface area (TPSA) is 18.5 Å². The average Bonchev–Trinajstić information content (AvgIpc) is 2.38. The zero-order valence-corrected chi connectivity index (χ0v) is 11.9. The fourth-order valence-corrected chi connectivity index (χ4v) is 2.25. The number of halogens is 1. The quantitative estimate of drug-likeness (QED) is 0.787. The van der Waals surface area contributed by atoms with Crippen LogP contribution in [0.2, 0.25) is 0 Å². The Labute approximate surface area is 115 Å². The lowest BCUT2D eigenvalue weighted by atomic mass is 10.0. The van der Waals surface area contributed by atoms with Gasteiger partial charge in [0.25, 0.3) is 0 Å². The van der Waals surface area contributed by atoms with Gasteiger partial charge in [-0.2, -0.15) is 0 Å². The van der Waals surface area contributed by atoms with E-state index in [1.54, 1.807) is 14.2 Å². The highest BCUT2D eigenvalue weighted by Crippen LogP contribution is 2.36. The number of ether oxygens (including phenoxy) is 2. The molecule has 0 spiro atoms. The summed E-state index contributed by atoms with van der Waals surface area (Å²) in [6, 6.07) is 14.0. The van der Waals surface area contributed by atoms with E-state index in [4.69, 9.17) is 9.47 Å². The summed E-state index contributed by atoms with van der Waals surface area (Å²) >= 11 is 2.29. The number of para-hydroxylation sites is 1. The lowest BCUT2D eigenvalue weighted by Gasteiger charge is -2.12. The van der Waals surface area contributed by atoms with Crippen molar-refractivity contribution in [1.82, 2.24) is 0 Å². The molecule has 0 heterocycles. The molecule has 0 aromatic heterocycles. The van der Waals surface area contributed by atoms with Crippen LogP contribution in [0.3, 0.4) is 0 Å². The molecule has 0 saturated heterocycles. The zero-order chi connectivity index (χ0) is 12.3. The monoisotopic (exact) mass is 340 g/mol. The predicted molar refractivity (Wildman–Crippen MR) is 77.7 cm³/mol. The molecule has 0 aliphatic rings. The van der Waals surface area contributed by atoms with Gasteiger partial charge in [-0.15, -0.1) is 0 Å². The van der Waals surface area contributed by atoms with E-state index in [0.717, 1.165) is 22.6 Å². The number of rotatable bonds is 3. The fraction of sp³-hybridized carbons (Fsp3) is 0.143. The van der Waals surface area contributed by atoms with E-state index in [2.05, 4.69) is 28.7 Å². The van der Waals surface area contributed by atoms with Crippen LogP contribution in [0.1, 0.15) is 0 Å². The van der Waals surface area contributed by atoms with Crippen LogP contribution >= 0.6 is 22.6 Å². The second-order valence-corrected chi connectivity index (χ2v) is 4.79. The third kappa shape index (κ3) is 2.54. The minimum atomic E-state index is 0.854. The van der Waals surface area contributed by atoms with Crippen molar-refractivity contribution in [3.8, 4) is 22.6 Å². The lowest BCUT2D eigenvalue weighted by Crippen LogP contribution is -1.92. The predicted octanol–water partition coefficient (Wildman–Crippen LogP) is 3.98. The maximum Gasteiger partial charge on any atom is 0.126 e. The Morgan fingerprint density at radius 1 is 0.824 bits per heavy atom. The molecule has 0 radical (unpaired) electrons. The van der Waals surface area contributed by atoms with E-state index >= 15 is 0 Å². The van der Waals surface area contributed by atoms with Crippen molar-refractivity contribution in [1.29, 1.82) is 0 Å². The molecule has 0 N–H and O–H groups in total. The third-order valence-corrected chi connectivity index (χ3v) is 3.23. The maximum absolute atomic E-state index is 5.40. The normalized spacial score (nSPS) is 10.1. The second-order valence-electron chi connectivity index (χ2n) is 3.54. The molecule has 0 saturated carbocycles. The van der Waals surface area contributed by atoms with Gasteiger partial charge in [0, 0.05) is 14.7 Å². The first-order valence-electron chi connectivity index (χ1n) is 5.23. The molecular weight excluding hydrogens is 327 g/mol. The molecule has 0 amide bonds. The molecule has 2 aromatic rings. The summed E-state index contributed by atoms with van der Waals surface area (Å²) in [5, 5.41) is 0. The molecule has 3 heteroatoms. The Morgan fingerprint density at radius 2 is 1.47 bits per heavy atom. The van der Waals surface area contributed by atoms with Crippen LogP contribution in [0.4, 0.5) is 0 Å². The van der Waals surface area contributed by atoms with Crippen LogP contribution in [-0.4, -0.2) is 14.2 Å². The van der Waals surface area contributed by atoms with Gasteiger partial charge in [-0.1, -0.05) is 18.2 Å². The van der Waals surface area contributed by atoms with Gasteiger partial charge in [-0.3, -0.25) is 0 Å². The van der Waals surface area contributed by atoms with Crippen LogP contribution < -0.4 is 9.47 Å². The van der Waals surface area contributed by atoms with Crippen molar-refractivity contribution < 1.29 is 9.47 Å². The fourth-order valence-electron chi connectivity index (χ4n) is 1.76. The van der Waals surface area contributed by atoms with Gasteiger partial charge >= 0.3 is 0 Å². The summed E-state index contributed by atoms with van der Waals surface area (Å²) < 4.78 is 11.9. The number of methoxy groups -OCH3 is 2. The Bertz CT molecular complexity index is 523. The summed E-state index contributed by atoms with van der Waals surface area (Å²) in [5.41, 5.74) is 2.10. The molecule has 0 atom stereocenters. The molecule has 0 bridgehead atoms. The maximum atomic E-state index is 5.40. The van der Waals surface area contributed by atoms with E-state index < -0.39 is 0 Å². The Balaban J connectivity index is 2.62. The first kappa shape index (κ1) is 12.2. The Morgan fingerprint density at radius 3 is 2.18 bits per heavy atom. The first-order valence-corrected chi connectivity index (χ1v) is 6.31. The van der Waals surface area contributed by atoms with E-state index in [1.807, 2.05) is 36.4 Å². The highest BCUT2D eigenvalue weighted by molar-refractivity contribution is 14.1. The molecule has 2 nitrogen and oxygen atoms in total. The standard InChI is InChI=1S/C14H13IO2/c1-16-13-6-4-3-5-11(13)12-9-10(15)7-8-14(12)17-2/h3-9H,1-2H3. The van der Waals surface area contributed by atoms with Gasteiger partial charge in [-0.25, -0.2) is 0 Å². The number of hydrogen-bond acceptors (Lipinski definition) is 2. The molecule has 0 aliphatic carbocycles. The average molecular weight is 340 g/mol. The summed E-state index contributed by atoms with van der Waals surface area (Å²) in [6.45, 7) is 0. The first-order chi connectivity index (χ1) is 8.26. The lowest BCUT2D eigenvalue weighted by molar-refractivity contribution is 0.410. The minimum Gasteiger partial charge on any atom is -0.496 e. The largest absolute Gasteiger partial charge is 0.496 e. The Hall–Kier alpha value is -1.23. The van der Waals surface area contributed by atoms with Gasteiger partial charge < -0.3 is 9.47 Å². The van der Waals surface area contributed by atoms with Crippen LogP contribution in [-0.2, 0) is 0 Å². The molecule has 17 heavy (non-hydrogen) atoms. The minimum absolute atomic E-state index is 0.854. The SMILES string of the molecule is COc1ccccc1-c1cc(I)ccc1OC. The Kier molecular flexibility index (Phi) is 3.89. The molecular formula is C14H13IO2. The smallest absolute Gasteiger partial charge is 0.126 e. The molecule has 2 rings (SSSR count). The van der Waals surface area contributed by atoms with Crippen LogP contribution in [0.25, 0.3) is 11.1 Å². The molecule has 0 aliphatic heterocycles. The van der Waals surface area contributed by atoms with Gasteiger partial charge in [0.15, 0.2) is 0 Å². The summed E-state index contributed by atoms with van der Waals surface area (Å²) in [4.78, 5) is 0. The molecule has 88 valence electrons. The highest BCUT2D eigenvalue weighted by Gasteiger charge is 2.10. The van der Waals surface area contributed by atoms with E-state index in [-0.39, 0.29) is 0 Å². The summed E-state index contributed by atoms with van der Waals surface area (Å²) in [5.74, 6) is 1.71. The number of hydrogen-bond donors (Lipinski definition) is 0. The van der Waals surface area contributed by atoms with E-state index in [0.29, 0.717) is 0 Å². The van der Waals surface area contributed by atoms with Gasteiger partial charge in [0.1, 0.15) is 11.5 Å². The molecule has 2 aromatic carbocycles. The van der Waals surface area contributed by atoms with Crippen molar-refractivity contribution >= 4 is 22.6 Å². The summed E-state index contributed by atoms with van der Waals surface area (Å²) in [6.07, 6.45) is 0. The van der Waals surface area contributed by atoms with E-state index in [1.165, 1.54) is 3.57 Å². The van der Waals surface area contributed by atoms with Crippen LogP contribution in [0, 0.1) is 3.57 Å². The van der Waals surface area contributed by atoms with Crippen molar-refractivity contribution in [2.24, 2.45) is 0 Å². The zero-order valence-electron chi connectivity index (χ0n) is 9.74. The summed E-state index contributed by atoms with van der Waals surface area (Å²) in [7, 11) is 3.36. The van der Waals surface area contributed by atoms with Gasteiger partial charge in [0.2, 0.25) is 0 Å². The highest BCUT2D eigenvalue weighted by atomic mass is 127. The number of benzene rings is 2. The van der Waals surface area contributed by atoms with Gasteiger partial charge in [0.05, 0.1) is 14.2 Å². The third-order valence-electron chi connectivity index (χ3n) is 2.56. The van der Waals surface area contributed by atoms with Crippen LogP contribution in [0.15, 0.2) is 42.5 Å². The van der Waals surface area contributed by atoms with E-state index in [9.17, 15) is 0 Å². The van der Waals surface area contributed by atoms with Crippen LogP contribution in [0.5, 0.6) is 11.5 Å². The second kappa shape index (κ2) is 5.40. The van der Waals surface area contributed by atoms with Crippen molar-refractivity contribution in [3.05, 3.63) is 46.0 Å². The molecule has 0 fully saturated rings. The van der Waals surface area contributed by atoms with Gasteiger partial charge in [-0.05, 0) is 46.9 Å². The van der Waals surface area contributed by atoms with Crippen molar-refractivity contribution in [2.45, 2.75) is 0 Å². The van der Waals surface area contributed by atoms with Crippen molar-refractivity contribution in [2.75, 3.05) is 14.2 Å².